The lowest BCUT2D eigenvalue weighted by Gasteiger charge is -2.19. The molecule has 0 spiro atoms. The third-order valence-corrected chi connectivity index (χ3v) is 2.85. The summed E-state index contributed by atoms with van der Waals surface area (Å²) in [4.78, 5) is 12.6. The van der Waals surface area contributed by atoms with Crippen molar-refractivity contribution in [3.63, 3.8) is 0 Å². The van der Waals surface area contributed by atoms with Gasteiger partial charge >= 0.3 is 5.97 Å². The first-order chi connectivity index (χ1) is 9.65. The van der Waals surface area contributed by atoms with E-state index in [4.69, 9.17) is 14.6 Å². The first-order valence-corrected chi connectivity index (χ1v) is 6.86. The average molecular weight is 281 g/mol. The number of hydrogen-bond donors (Lipinski definition) is 1. The highest BCUT2D eigenvalue weighted by molar-refractivity contribution is 5.69. The number of carboxylic acids is 1. The van der Waals surface area contributed by atoms with Gasteiger partial charge in [-0.1, -0.05) is 6.92 Å². The molecule has 0 saturated carbocycles. The van der Waals surface area contributed by atoms with Gasteiger partial charge in [-0.05, 0) is 43.7 Å². The fraction of sp³-hybridized carbons (Fsp3) is 0.533. The van der Waals surface area contributed by atoms with Crippen molar-refractivity contribution >= 4 is 5.97 Å². The largest absolute Gasteiger partial charge is 0.497 e. The standard InChI is InChI=1S/C15H23NO4/c1-3-9-16(12-15(17)18)10-4-11-20-14-7-5-13(19-2)6-8-14/h5-8H,3-4,9-12H2,1-2H3,(H,17,18). The lowest BCUT2D eigenvalue weighted by molar-refractivity contribution is -0.138. The smallest absolute Gasteiger partial charge is 0.317 e. The second-order valence-corrected chi connectivity index (χ2v) is 4.55. The summed E-state index contributed by atoms with van der Waals surface area (Å²) in [5, 5.41) is 8.81. The van der Waals surface area contributed by atoms with E-state index in [0.717, 1.165) is 37.4 Å². The Morgan fingerprint density at radius 2 is 1.85 bits per heavy atom. The van der Waals surface area contributed by atoms with Gasteiger partial charge in [0.05, 0.1) is 20.3 Å². The fourth-order valence-corrected chi connectivity index (χ4v) is 1.93. The third-order valence-electron chi connectivity index (χ3n) is 2.85. The van der Waals surface area contributed by atoms with E-state index in [0.29, 0.717) is 6.61 Å². The summed E-state index contributed by atoms with van der Waals surface area (Å²) in [6, 6.07) is 7.42. The van der Waals surface area contributed by atoms with Crippen LogP contribution in [-0.2, 0) is 4.79 Å². The molecule has 0 radical (unpaired) electrons. The zero-order valence-electron chi connectivity index (χ0n) is 12.2. The minimum Gasteiger partial charge on any atom is -0.497 e. The molecule has 1 aromatic rings. The monoisotopic (exact) mass is 281 g/mol. The molecule has 1 N–H and O–H groups in total. The zero-order chi connectivity index (χ0) is 14.8. The van der Waals surface area contributed by atoms with E-state index >= 15 is 0 Å². The van der Waals surface area contributed by atoms with Crippen LogP contribution >= 0.6 is 0 Å². The highest BCUT2D eigenvalue weighted by atomic mass is 16.5. The Morgan fingerprint density at radius 1 is 1.20 bits per heavy atom. The minimum absolute atomic E-state index is 0.0936. The molecule has 0 aromatic heterocycles. The molecule has 0 heterocycles. The maximum absolute atomic E-state index is 10.7. The van der Waals surface area contributed by atoms with Gasteiger partial charge in [0.1, 0.15) is 11.5 Å². The lowest BCUT2D eigenvalue weighted by atomic mass is 10.3. The number of carboxylic acid groups (broad SMARTS) is 1. The van der Waals surface area contributed by atoms with Crippen molar-refractivity contribution in [1.82, 2.24) is 4.90 Å². The summed E-state index contributed by atoms with van der Waals surface area (Å²) in [6.45, 7) is 4.25. The van der Waals surface area contributed by atoms with Crippen molar-refractivity contribution in [3.8, 4) is 11.5 Å². The molecule has 1 rings (SSSR count). The van der Waals surface area contributed by atoms with Crippen LogP contribution in [0.5, 0.6) is 11.5 Å². The van der Waals surface area contributed by atoms with Crippen LogP contribution in [0.1, 0.15) is 19.8 Å². The minimum atomic E-state index is -0.783. The number of hydrogen-bond acceptors (Lipinski definition) is 4. The van der Waals surface area contributed by atoms with Crippen LogP contribution in [-0.4, -0.2) is 49.3 Å². The number of carbonyl (C=O) groups is 1. The molecular weight excluding hydrogens is 258 g/mol. The van der Waals surface area contributed by atoms with Gasteiger partial charge in [-0.3, -0.25) is 9.69 Å². The molecule has 1 aromatic carbocycles. The second-order valence-electron chi connectivity index (χ2n) is 4.55. The van der Waals surface area contributed by atoms with E-state index in [1.807, 2.05) is 36.1 Å². The number of ether oxygens (including phenoxy) is 2. The fourth-order valence-electron chi connectivity index (χ4n) is 1.93. The number of nitrogens with zero attached hydrogens (tertiary/aromatic N) is 1. The Kier molecular flexibility index (Phi) is 7.50. The Morgan fingerprint density at radius 3 is 2.40 bits per heavy atom. The van der Waals surface area contributed by atoms with Crippen LogP contribution < -0.4 is 9.47 Å². The molecule has 0 aliphatic heterocycles. The molecule has 0 saturated heterocycles. The van der Waals surface area contributed by atoms with Gasteiger partial charge in [0.15, 0.2) is 0 Å². The van der Waals surface area contributed by atoms with Crippen molar-refractivity contribution in [2.24, 2.45) is 0 Å². The average Bonchev–Trinajstić information content (AvgIpc) is 2.44. The van der Waals surface area contributed by atoms with Crippen LogP contribution in [0.4, 0.5) is 0 Å². The molecule has 0 amide bonds. The molecule has 112 valence electrons. The summed E-state index contributed by atoms with van der Waals surface area (Å²) >= 11 is 0. The number of benzene rings is 1. The molecule has 5 nitrogen and oxygen atoms in total. The van der Waals surface area contributed by atoms with Gasteiger partial charge in [-0.25, -0.2) is 0 Å². The zero-order valence-corrected chi connectivity index (χ0v) is 12.2. The number of methoxy groups -OCH3 is 1. The maximum Gasteiger partial charge on any atom is 0.317 e. The normalized spacial score (nSPS) is 10.6. The van der Waals surface area contributed by atoms with Gasteiger partial charge in [-0.15, -0.1) is 0 Å². The van der Waals surface area contributed by atoms with Crippen LogP contribution in [0, 0.1) is 0 Å². The van der Waals surface area contributed by atoms with E-state index in [1.54, 1.807) is 7.11 Å². The highest BCUT2D eigenvalue weighted by Gasteiger charge is 2.08. The van der Waals surface area contributed by atoms with E-state index in [9.17, 15) is 4.79 Å². The van der Waals surface area contributed by atoms with Crippen molar-refractivity contribution in [2.75, 3.05) is 33.4 Å². The molecule has 0 atom stereocenters. The van der Waals surface area contributed by atoms with E-state index < -0.39 is 5.97 Å². The predicted molar refractivity (Wildman–Crippen MR) is 77.5 cm³/mol. The second kappa shape index (κ2) is 9.20. The first kappa shape index (κ1) is 16.3. The molecule has 0 unspecified atom stereocenters. The van der Waals surface area contributed by atoms with Gasteiger partial charge in [0.2, 0.25) is 0 Å². The molecule has 20 heavy (non-hydrogen) atoms. The van der Waals surface area contributed by atoms with Gasteiger partial charge in [0, 0.05) is 6.54 Å². The molecule has 5 heteroatoms. The summed E-state index contributed by atoms with van der Waals surface area (Å²) in [7, 11) is 1.63. The van der Waals surface area contributed by atoms with Crippen molar-refractivity contribution < 1.29 is 19.4 Å². The topological polar surface area (TPSA) is 59.0 Å². The van der Waals surface area contributed by atoms with E-state index in [2.05, 4.69) is 0 Å². The van der Waals surface area contributed by atoms with Crippen LogP contribution in [0.2, 0.25) is 0 Å². The van der Waals surface area contributed by atoms with Crippen LogP contribution in [0.3, 0.4) is 0 Å². The molecule has 0 fully saturated rings. The summed E-state index contributed by atoms with van der Waals surface area (Å²) in [5.41, 5.74) is 0. The molecule has 0 bridgehead atoms. The first-order valence-electron chi connectivity index (χ1n) is 6.86. The number of aliphatic carboxylic acids is 1. The van der Waals surface area contributed by atoms with Gasteiger partial charge in [0.25, 0.3) is 0 Å². The molecule has 0 aliphatic rings. The van der Waals surface area contributed by atoms with E-state index in [1.165, 1.54) is 0 Å². The van der Waals surface area contributed by atoms with Crippen molar-refractivity contribution in [1.29, 1.82) is 0 Å². The molecular formula is C15H23NO4. The number of rotatable bonds is 10. The van der Waals surface area contributed by atoms with Crippen LogP contribution in [0.25, 0.3) is 0 Å². The lowest BCUT2D eigenvalue weighted by Crippen LogP contribution is -2.32. The highest BCUT2D eigenvalue weighted by Crippen LogP contribution is 2.17. The van der Waals surface area contributed by atoms with E-state index in [-0.39, 0.29) is 6.54 Å². The Bertz CT molecular complexity index is 391. The maximum atomic E-state index is 10.7. The molecule has 0 aliphatic carbocycles. The third kappa shape index (κ3) is 6.43. The predicted octanol–water partition coefficient (Wildman–Crippen LogP) is 2.26. The van der Waals surface area contributed by atoms with Crippen molar-refractivity contribution in [3.05, 3.63) is 24.3 Å². The van der Waals surface area contributed by atoms with Gasteiger partial charge in [-0.2, -0.15) is 0 Å². The summed E-state index contributed by atoms with van der Waals surface area (Å²) in [5.74, 6) is 0.813. The van der Waals surface area contributed by atoms with Crippen molar-refractivity contribution in [2.45, 2.75) is 19.8 Å². The Labute approximate surface area is 120 Å². The Hall–Kier alpha value is -1.75. The van der Waals surface area contributed by atoms with Crippen LogP contribution in [0.15, 0.2) is 24.3 Å². The summed E-state index contributed by atoms with van der Waals surface area (Å²) < 4.78 is 10.7. The quantitative estimate of drug-likeness (QED) is 0.667. The van der Waals surface area contributed by atoms with Gasteiger partial charge < -0.3 is 14.6 Å². The summed E-state index contributed by atoms with van der Waals surface area (Å²) in [6.07, 6.45) is 1.76. The Balaban J connectivity index is 2.26. The SMILES string of the molecule is CCCN(CCCOc1ccc(OC)cc1)CC(=O)O.